The average Bonchev–Trinajstić information content (AvgIpc) is 2.03. The first kappa shape index (κ1) is 6.93. The third kappa shape index (κ3) is 1.97. The summed E-state index contributed by atoms with van der Waals surface area (Å²) in [5, 5.41) is 0. The predicted octanol–water partition coefficient (Wildman–Crippen LogP) is 0.563. The highest BCUT2D eigenvalue weighted by atomic mass is 16.1. The molecule has 0 aromatic carbocycles. The van der Waals surface area contributed by atoms with Crippen LogP contribution in [0, 0.1) is 0 Å². The molecule has 0 amide bonds. The predicted molar refractivity (Wildman–Crippen MR) is 37.3 cm³/mol. The number of nitrogens with zero attached hydrogens (tertiary/aromatic N) is 1. The Labute approximate surface area is 60.1 Å². The fourth-order valence-corrected chi connectivity index (χ4v) is 0.785. The van der Waals surface area contributed by atoms with Crippen molar-refractivity contribution in [1.29, 1.82) is 0 Å². The maximum atomic E-state index is 9.96. The van der Waals surface area contributed by atoms with Crippen LogP contribution in [0.25, 0.3) is 0 Å². The van der Waals surface area contributed by atoms with Gasteiger partial charge in [-0.05, 0) is 0 Å². The van der Waals surface area contributed by atoms with E-state index >= 15 is 0 Å². The highest BCUT2D eigenvalue weighted by Gasteiger charge is 1.93. The van der Waals surface area contributed by atoms with Gasteiger partial charge < -0.3 is 4.79 Å². The van der Waals surface area contributed by atoms with Crippen LogP contribution in [0.5, 0.6) is 0 Å². The van der Waals surface area contributed by atoms with E-state index in [-0.39, 0.29) is 0 Å². The Morgan fingerprint density at radius 1 is 1.20 bits per heavy atom. The molecule has 1 heterocycles. The van der Waals surface area contributed by atoms with E-state index in [1.165, 1.54) is 0 Å². The van der Waals surface area contributed by atoms with Crippen molar-refractivity contribution in [3.05, 3.63) is 30.6 Å². The second-order valence-corrected chi connectivity index (χ2v) is 2.07. The Bertz CT molecular complexity index is 196. The SMILES string of the molecule is O=CCC[n+]1ccccc1. The van der Waals surface area contributed by atoms with Crippen molar-refractivity contribution in [3.8, 4) is 0 Å². The van der Waals surface area contributed by atoms with Gasteiger partial charge in [-0.25, -0.2) is 4.57 Å². The van der Waals surface area contributed by atoms with Gasteiger partial charge in [0.2, 0.25) is 0 Å². The van der Waals surface area contributed by atoms with Gasteiger partial charge in [0.05, 0.1) is 6.42 Å². The number of pyridine rings is 1. The molecule has 0 bridgehead atoms. The molecule has 10 heavy (non-hydrogen) atoms. The van der Waals surface area contributed by atoms with E-state index in [0.717, 1.165) is 12.8 Å². The van der Waals surface area contributed by atoms with Crippen LogP contribution in [0.1, 0.15) is 6.42 Å². The summed E-state index contributed by atoms with van der Waals surface area (Å²) in [5.74, 6) is 0. The molecule has 1 aromatic rings. The van der Waals surface area contributed by atoms with Crippen LogP contribution in [0.2, 0.25) is 0 Å². The lowest BCUT2D eigenvalue weighted by molar-refractivity contribution is -0.695. The molecule has 2 nitrogen and oxygen atoms in total. The van der Waals surface area contributed by atoms with Gasteiger partial charge in [0, 0.05) is 12.1 Å². The van der Waals surface area contributed by atoms with Crippen molar-refractivity contribution in [2.24, 2.45) is 0 Å². The molecule has 0 aliphatic heterocycles. The fraction of sp³-hybridized carbons (Fsp3) is 0.250. The summed E-state index contributed by atoms with van der Waals surface area (Å²) < 4.78 is 1.98. The summed E-state index contributed by atoms with van der Waals surface area (Å²) >= 11 is 0. The number of aromatic nitrogens is 1. The molecule has 0 atom stereocenters. The lowest BCUT2D eigenvalue weighted by Crippen LogP contribution is -2.32. The van der Waals surface area contributed by atoms with Gasteiger partial charge in [0.15, 0.2) is 18.9 Å². The van der Waals surface area contributed by atoms with Crippen molar-refractivity contribution in [2.45, 2.75) is 13.0 Å². The van der Waals surface area contributed by atoms with Crippen molar-refractivity contribution in [1.82, 2.24) is 0 Å². The first-order valence-corrected chi connectivity index (χ1v) is 3.31. The van der Waals surface area contributed by atoms with Gasteiger partial charge in [-0.1, -0.05) is 6.07 Å². The average molecular weight is 136 g/mol. The standard InChI is InChI=1S/C8H10NO/c10-8-4-7-9-5-2-1-3-6-9/h1-3,5-6,8H,4,7H2/q+1. The summed E-state index contributed by atoms with van der Waals surface area (Å²) in [7, 11) is 0. The summed E-state index contributed by atoms with van der Waals surface area (Å²) in [6.45, 7) is 0.782. The number of carbonyl (C=O) groups excluding carboxylic acids is 1. The summed E-state index contributed by atoms with van der Waals surface area (Å²) in [6, 6.07) is 5.85. The van der Waals surface area contributed by atoms with Gasteiger partial charge in [0.1, 0.15) is 6.29 Å². The summed E-state index contributed by atoms with van der Waals surface area (Å²) in [5.41, 5.74) is 0. The fourth-order valence-electron chi connectivity index (χ4n) is 0.785. The molecule has 1 rings (SSSR count). The van der Waals surface area contributed by atoms with E-state index in [0.29, 0.717) is 6.42 Å². The topological polar surface area (TPSA) is 20.9 Å². The smallest absolute Gasteiger partial charge is 0.168 e. The number of hydrogen-bond donors (Lipinski definition) is 0. The summed E-state index contributed by atoms with van der Waals surface area (Å²) in [6.07, 6.45) is 5.42. The largest absolute Gasteiger partial charge is 0.303 e. The van der Waals surface area contributed by atoms with Crippen LogP contribution in [-0.4, -0.2) is 6.29 Å². The van der Waals surface area contributed by atoms with Crippen molar-refractivity contribution in [2.75, 3.05) is 0 Å². The molecule has 0 radical (unpaired) electrons. The van der Waals surface area contributed by atoms with Gasteiger partial charge in [0.25, 0.3) is 0 Å². The molecular formula is C8H10NO+. The lowest BCUT2D eigenvalue weighted by Gasteiger charge is -1.88. The molecule has 0 spiro atoms. The first-order chi connectivity index (χ1) is 4.93. The molecule has 0 aliphatic carbocycles. The second-order valence-electron chi connectivity index (χ2n) is 2.07. The van der Waals surface area contributed by atoms with Gasteiger partial charge in [-0.2, -0.15) is 0 Å². The number of carbonyl (C=O) groups is 1. The van der Waals surface area contributed by atoms with Crippen molar-refractivity contribution in [3.63, 3.8) is 0 Å². The van der Waals surface area contributed by atoms with E-state index in [4.69, 9.17) is 0 Å². The molecule has 0 saturated heterocycles. The maximum Gasteiger partial charge on any atom is 0.168 e. The maximum absolute atomic E-state index is 9.96. The highest BCUT2D eigenvalue weighted by Crippen LogP contribution is 1.78. The van der Waals surface area contributed by atoms with Crippen LogP contribution in [0.3, 0.4) is 0 Å². The molecule has 0 aliphatic rings. The van der Waals surface area contributed by atoms with Crippen LogP contribution >= 0.6 is 0 Å². The van der Waals surface area contributed by atoms with Crippen LogP contribution < -0.4 is 4.57 Å². The van der Waals surface area contributed by atoms with Crippen molar-refractivity contribution < 1.29 is 9.36 Å². The van der Waals surface area contributed by atoms with Gasteiger partial charge >= 0.3 is 0 Å². The van der Waals surface area contributed by atoms with E-state index in [9.17, 15) is 4.79 Å². The Morgan fingerprint density at radius 3 is 2.50 bits per heavy atom. The molecule has 0 unspecified atom stereocenters. The monoisotopic (exact) mass is 136 g/mol. The number of aldehydes is 1. The molecule has 52 valence electrons. The van der Waals surface area contributed by atoms with E-state index in [1.807, 2.05) is 35.2 Å². The summed E-state index contributed by atoms with van der Waals surface area (Å²) in [4.78, 5) is 9.96. The zero-order chi connectivity index (χ0) is 7.23. The number of hydrogen-bond acceptors (Lipinski definition) is 1. The third-order valence-corrected chi connectivity index (χ3v) is 1.28. The third-order valence-electron chi connectivity index (χ3n) is 1.28. The Balaban J connectivity index is 2.50. The zero-order valence-corrected chi connectivity index (χ0v) is 5.73. The van der Waals surface area contributed by atoms with Gasteiger partial charge in [-0.3, -0.25) is 0 Å². The van der Waals surface area contributed by atoms with Crippen LogP contribution in [0.15, 0.2) is 30.6 Å². The van der Waals surface area contributed by atoms with Gasteiger partial charge in [-0.15, -0.1) is 0 Å². The molecule has 0 N–H and O–H groups in total. The Morgan fingerprint density at radius 2 is 1.90 bits per heavy atom. The molecule has 0 fully saturated rings. The van der Waals surface area contributed by atoms with Crippen LogP contribution in [-0.2, 0) is 11.3 Å². The van der Waals surface area contributed by atoms with Crippen molar-refractivity contribution >= 4 is 6.29 Å². The second kappa shape index (κ2) is 3.77. The molecule has 2 heteroatoms. The normalized spacial score (nSPS) is 9.20. The molecular weight excluding hydrogens is 126 g/mol. The van der Waals surface area contributed by atoms with E-state index in [2.05, 4.69) is 0 Å². The van der Waals surface area contributed by atoms with E-state index < -0.39 is 0 Å². The first-order valence-electron chi connectivity index (χ1n) is 3.31. The van der Waals surface area contributed by atoms with Crippen LogP contribution in [0.4, 0.5) is 0 Å². The minimum absolute atomic E-state index is 0.592. The molecule has 1 aromatic heterocycles. The quantitative estimate of drug-likeness (QED) is 0.439. The lowest BCUT2D eigenvalue weighted by atomic mass is 10.4. The minimum atomic E-state index is 0.592. The highest BCUT2D eigenvalue weighted by molar-refractivity contribution is 5.48. The Kier molecular flexibility index (Phi) is 2.62. The molecule has 0 saturated carbocycles. The minimum Gasteiger partial charge on any atom is -0.303 e. The zero-order valence-electron chi connectivity index (χ0n) is 5.73. The Hall–Kier alpha value is -1.18. The number of aryl methyl sites for hydroxylation is 1. The van der Waals surface area contributed by atoms with E-state index in [1.54, 1.807) is 0 Å². The number of rotatable bonds is 3.